The Morgan fingerprint density at radius 1 is 1.29 bits per heavy atom. The SMILES string of the molecule is CC[C@H]1CCCCN1C(=O)COC(=O)c1ccc(S(=O)(=O)NCCC#N)cc1. The first-order valence-corrected chi connectivity index (χ1v) is 10.8. The van der Waals surface area contributed by atoms with Gasteiger partial charge in [0.05, 0.1) is 16.5 Å². The number of piperidine rings is 1. The van der Waals surface area contributed by atoms with Gasteiger partial charge in [0.1, 0.15) is 0 Å². The summed E-state index contributed by atoms with van der Waals surface area (Å²) in [6.07, 6.45) is 3.96. The van der Waals surface area contributed by atoms with E-state index in [0.717, 1.165) is 25.7 Å². The number of amides is 1. The molecule has 28 heavy (non-hydrogen) atoms. The van der Waals surface area contributed by atoms with E-state index >= 15 is 0 Å². The lowest BCUT2D eigenvalue weighted by molar-refractivity contribution is -0.138. The zero-order chi connectivity index (χ0) is 20.6. The Hall–Kier alpha value is -2.44. The molecule has 1 aromatic carbocycles. The van der Waals surface area contributed by atoms with E-state index in [0.29, 0.717) is 6.54 Å². The van der Waals surface area contributed by atoms with Crippen LogP contribution in [0.15, 0.2) is 29.2 Å². The highest BCUT2D eigenvalue weighted by atomic mass is 32.2. The van der Waals surface area contributed by atoms with E-state index in [9.17, 15) is 18.0 Å². The van der Waals surface area contributed by atoms with Crippen LogP contribution >= 0.6 is 0 Å². The van der Waals surface area contributed by atoms with Gasteiger partial charge in [-0.3, -0.25) is 4.79 Å². The highest BCUT2D eigenvalue weighted by Crippen LogP contribution is 2.19. The number of carbonyl (C=O) groups excluding carboxylic acids is 2. The van der Waals surface area contributed by atoms with Gasteiger partial charge in [0.25, 0.3) is 5.91 Å². The van der Waals surface area contributed by atoms with Crippen LogP contribution in [-0.4, -0.2) is 50.9 Å². The Bertz CT molecular complexity index is 830. The van der Waals surface area contributed by atoms with Gasteiger partial charge in [-0.1, -0.05) is 6.92 Å². The molecule has 1 amide bonds. The van der Waals surface area contributed by atoms with Gasteiger partial charge in [0, 0.05) is 25.6 Å². The summed E-state index contributed by atoms with van der Waals surface area (Å²) < 4.78 is 31.5. The van der Waals surface area contributed by atoms with Crippen molar-refractivity contribution in [1.29, 1.82) is 5.26 Å². The third kappa shape index (κ3) is 5.78. The number of ether oxygens (including phenoxy) is 1. The maximum atomic E-state index is 12.4. The maximum Gasteiger partial charge on any atom is 0.338 e. The Kier molecular flexibility index (Phi) is 7.96. The fourth-order valence-corrected chi connectivity index (χ4v) is 4.17. The molecule has 1 aromatic rings. The summed E-state index contributed by atoms with van der Waals surface area (Å²) in [6, 6.07) is 7.28. The molecule has 2 rings (SSSR count). The van der Waals surface area contributed by atoms with Crippen LogP contribution in [0.3, 0.4) is 0 Å². The lowest BCUT2D eigenvalue weighted by Crippen LogP contribution is -2.45. The molecule has 1 N–H and O–H groups in total. The number of hydrogen-bond donors (Lipinski definition) is 1. The van der Waals surface area contributed by atoms with Crippen LogP contribution in [0.2, 0.25) is 0 Å². The van der Waals surface area contributed by atoms with Crippen molar-refractivity contribution in [2.75, 3.05) is 19.7 Å². The molecule has 0 saturated carbocycles. The van der Waals surface area contributed by atoms with Crippen molar-refractivity contribution in [1.82, 2.24) is 9.62 Å². The summed E-state index contributed by atoms with van der Waals surface area (Å²) in [6.45, 7) is 2.40. The van der Waals surface area contributed by atoms with Gasteiger partial charge < -0.3 is 9.64 Å². The average molecular weight is 407 g/mol. The number of nitrogens with one attached hydrogen (secondary N) is 1. The fraction of sp³-hybridized carbons (Fsp3) is 0.526. The van der Waals surface area contributed by atoms with E-state index in [-0.39, 0.29) is 42.0 Å². The standard InChI is InChI=1S/C19H25N3O5S/c1-2-16-6-3-4-13-22(16)18(23)14-27-19(24)15-7-9-17(10-8-15)28(25,26)21-12-5-11-20/h7-10,16,21H,2-6,12-14H2,1H3/t16-/m0/s1. The first kappa shape index (κ1) is 21.9. The molecule has 0 aliphatic carbocycles. The minimum Gasteiger partial charge on any atom is -0.452 e. The Morgan fingerprint density at radius 3 is 2.64 bits per heavy atom. The minimum absolute atomic E-state index is 0.0139. The smallest absolute Gasteiger partial charge is 0.338 e. The number of carbonyl (C=O) groups is 2. The van der Waals surface area contributed by atoms with Crippen molar-refractivity contribution >= 4 is 21.9 Å². The number of likely N-dealkylation sites (tertiary alicyclic amines) is 1. The van der Waals surface area contributed by atoms with Gasteiger partial charge in [-0.05, 0) is 49.9 Å². The summed E-state index contributed by atoms with van der Waals surface area (Å²) in [5.74, 6) is -0.888. The number of nitriles is 1. The molecule has 1 fully saturated rings. The van der Waals surface area contributed by atoms with Gasteiger partial charge >= 0.3 is 5.97 Å². The number of esters is 1. The van der Waals surface area contributed by atoms with Gasteiger partial charge in [0.15, 0.2) is 6.61 Å². The van der Waals surface area contributed by atoms with E-state index < -0.39 is 16.0 Å². The first-order chi connectivity index (χ1) is 13.4. The Balaban J connectivity index is 1.92. The van der Waals surface area contributed by atoms with Crippen molar-refractivity contribution in [3.05, 3.63) is 29.8 Å². The quantitative estimate of drug-likeness (QED) is 0.519. The van der Waals surface area contributed by atoms with Crippen LogP contribution in [0.25, 0.3) is 0 Å². The number of sulfonamides is 1. The molecular weight excluding hydrogens is 382 g/mol. The van der Waals surface area contributed by atoms with Gasteiger partial charge in [-0.2, -0.15) is 5.26 Å². The molecule has 1 heterocycles. The molecule has 0 radical (unpaired) electrons. The molecule has 0 spiro atoms. The lowest BCUT2D eigenvalue weighted by atomic mass is 10.00. The largest absolute Gasteiger partial charge is 0.452 e. The molecule has 0 bridgehead atoms. The second-order valence-corrected chi connectivity index (χ2v) is 8.32. The number of nitrogens with zero attached hydrogens (tertiary/aromatic N) is 2. The molecule has 9 heteroatoms. The third-order valence-electron chi connectivity index (χ3n) is 4.67. The average Bonchev–Trinajstić information content (AvgIpc) is 2.71. The lowest BCUT2D eigenvalue weighted by Gasteiger charge is -2.35. The maximum absolute atomic E-state index is 12.4. The predicted octanol–water partition coefficient (Wildman–Crippen LogP) is 1.83. The zero-order valence-corrected chi connectivity index (χ0v) is 16.7. The van der Waals surface area contributed by atoms with E-state index in [2.05, 4.69) is 4.72 Å². The topological polar surface area (TPSA) is 117 Å². The molecule has 152 valence electrons. The number of benzene rings is 1. The highest BCUT2D eigenvalue weighted by Gasteiger charge is 2.26. The van der Waals surface area contributed by atoms with Crippen LogP contribution in [0.4, 0.5) is 0 Å². The first-order valence-electron chi connectivity index (χ1n) is 9.32. The molecule has 8 nitrogen and oxygen atoms in total. The summed E-state index contributed by atoms with van der Waals surface area (Å²) in [4.78, 5) is 26.3. The number of rotatable bonds is 8. The van der Waals surface area contributed by atoms with Crippen molar-refractivity contribution in [2.45, 2.75) is 50.0 Å². The predicted molar refractivity (Wildman–Crippen MR) is 102 cm³/mol. The number of hydrogen-bond acceptors (Lipinski definition) is 6. The molecule has 1 saturated heterocycles. The molecule has 1 aliphatic rings. The summed E-state index contributed by atoms with van der Waals surface area (Å²) in [5, 5.41) is 8.47. The van der Waals surface area contributed by atoms with Crippen LogP contribution < -0.4 is 4.72 Å². The monoisotopic (exact) mass is 407 g/mol. The molecule has 1 aliphatic heterocycles. The van der Waals surface area contributed by atoms with Crippen LogP contribution in [0.5, 0.6) is 0 Å². The fourth-order valence-electron chi connectivity index (χ4n) is 3.14. The highest BCUT2D eigenvalue weighted by molar-refractivity contribution is 7.89. The van der Waals surface area contributed by atoms with E-state index in [1.165, 1.54) is 24.3 Å². The second kappa shape index (κ2) is 10.2. The van der Waals surface area contributed by atoms with Crippen LogP contribution in [-0.2, 0) is 19.6 Å². The Labute approximate surface area is 165 Å². The van der Waals surface area contributed by atoms with E-state index in [4.69, 9.17) is 10.00 Å². The van der Waals surface area contributed by atoms with Gasteiger partial charge in [0.2, 0.25) is 10.0 Å². The van der Waals surface area contributed by atoms with Crippen LogP contribution in [0, 0.1) is 11.3 Å². The molecule has 1 atom stereocenters. The van der Waals surface area contributed by atoms with Crippen molar-refractivity contribution in [3.63, 3.8) is 0 Å². The normalized spacial score (nSPS) is 17.0. The van der Waals surface area contributed by atoms with Crippen molar-refractivity contribution in [2.24, 2.45) is 0 Å². The summed E-state index contributed by atoms with van der Waals surface area (Å²) in [5.41, 5.74) is 0.162. The molecule has 0 aromatic heterocycles. The van der Waals surface area contributed by atoms with Crippen LogP contribution in [0.1, 0.15) is 49.4 Å². The Morgan fingerprint density at radius 2 is 2.00 bits per heavy atom. The zero-order valence-electron chi connectivity index (χ0n) is 15.9. The summed E-state index contributed by atoms with van der Waals surface area (Å²) in [7, 11) is -3.74. The van der Waals surface area contributed by atoms with Gasteiger partial charge in [-0.25, -0.2) is 17.9 Å². The van der Waals surface area contributed by atoms with E-state index in [1.807, 2.05) is 13.0 Å². The summed E-state index contributed by atoms with van der Waals surface area (Å²) >= 11 is 0. The van der Waals surface area contributed by atoms with E-state index in [1.54, 1.807) is 4.90 Å². The third-order valence-corrected chi connectivity index (χ3v) is 6.15. The van der Waals surface area contributed by atoms with Gasteiger partial charge in [-0.15, -0.1) is 0 Å². The van der Waals surface area contributed by atoms with Crippen molar-refractivity contribution < 1.29 is 22.7 Å². The minimum atomic E-state index is -3.74. The molecule has 0 unspecified atom stereocenters. The van der Waals surface area contributed by atoms with Crippen molar-refractivity contribution in [3.8, 4) is 6.07 Å². The second-order valence-electron chi connectivity index (χ2n) is 6.55. The molecular formula is C19H25N3O5S.